The summed E-state index contributed by atoms with van der Waals surface area (Å²) < 4.78 is 0. The van der Waals surface area contributed by atoms with E-state index in [2.05, 4.69) is 36.4 Å². The van der Waals surface area contributed by atoms with Gasteiger partial charge in [0.2, 0.25) is 5.91 Å². The smallest absolute Gasteiger partial charge is 0.243 e. The van der Waals surface area contributed by atoms with Crippen LogP contribution in [-0.2, 0) is 4.79 Å². The van der Waals surface area contributed by atoms with Crippen LogP contribution in [0.3, 0.4) is 0 Å². The zero-order valence-electron chi connectivity index (χ0n) is 11.9. The second-order valence-electron chi connectivity index (χ2n) is 4.66. The van der Waals surface area contributed by atoms with Gasteiger partial charge in [-0.3, -0.25) is 4.79 Å². The third kappa shape index (κ3) is 6.81. The minimum atomic E-state index is -0.000553. The molecule has 5 nitrogen and oxygen atoms in total. The molecule has 17 heavy (non-hydrogen) atoms. The first-order chi connectivity index (χ1) is 7.88. The fourth-order valence-electron chi connectivity index (χ4n) is 0.990. The summed E-state index contributed by atoms with van der Waals surface area (Å²) >= 11 is 0. The second-order valence-corrected chi connectivity index (χ2v) is 4.66. The van der Waals surface area contributed by atoms with E-state index in [1.165, 1.54) is 0 Å². The van der Waals surface area contributed by atoms with E-state index in [4.69, 9.17) is 0 Å². The lowest BCUT2D eigenvalue weighted by Gasteiger charge is -2.20. The zero-order valence-corrected chi connectivity index (χ0v) is 11.9. The molecule has 1 amide bonds. The maximum atomic E-state index is 11.4. The number of nitrogens with one attached hydrogen (secondary N) is 2. The Morgan fingerprint density at radius 2 is 1.88 bits per heavy atom. The summed E-state index contributed by atoms with van der Waals surface area (Å²) in [6, 6.07) is 0.322. The number of rotatable bonds is 5. The van der Waals surface area contributed by atoms with Gasteiger partial charge >= 0.3 is 0 Å². The third-order valence-electron chi connectivity index (χ3n) is 2.58. The lowest BCUT2D eigenvalue weighted by Crippen LogP contribution is -2.44. The van der Waals surface area contributed by atoms with Crippen LogP contribution in [-0.4, -0.2) is 50.0 Å². The van der Waals surface area contributed by atoms with Crippen molar-refractivity contribution in [2.24, 2.45) is 10.9 Å². The van der Waals surface area contributed by atoms with Crippen LogP contribution in [0, 0.1) is 5.92 Å². The van der Waals surface area contributed by atoms with Gasteiger partial charge in [0.1, 0.15) is 6.54 Å². The Labute approximate surface area is 105 Å². The molecule has 0 aliphatic heterocycles. The van der Waals surface area contributed by atoms with Crippen molar-refractivity contribution in [2.45, 2.75) is 33.7 Å². The van der Waals surface area contributed by atoms with Crippen molar-refractivity contribution in [1.29, 1.82) is 0 Å². The van der Waals surface area contributed by atoms with E-state index in [0.717, 1.165) is 6.54 Å². The van der Waals surface area contributed by atoms with Crippen LogP contribution in [0.15, 0.2) is 4.99 Å². The Hall–Kier alpha value is -1.26. The number of amides is 1. The van der Waals surface area contributed by atoms with Crippen LogP contribution in [0.2, 0.25) is 0 Å². The van der Waals surface area contributed by atoms with Gasteiger partial charge in [-0.1, -0.05) is 13.8 Å². The Balaban J connectivity index is 4.40. The molecule has 1 unspecified atom stereocenters. The number of guanidine groups is 1. The molecule has 0 heterocycles. The van der Waals surface area contributed by atoms with Crippen LogP contribution < -0.4 is 10.6 Å². The first kappa shape index (κ1) is 15.7. The van der Waals surface area contributed by atoms with Crippen LogP contribution in [0.1, 0.15) is 27.7 Å². The van der Waals surface area contributed by atoms with Crippen molar-refractivity contribution in [3.63, 3.8) is 0 Å². The Bertz CT molecular complexity index is 261. The van der Waals surface area contributed by atoms with Gasteiger partial charge in [-0.2, -0.15) is 0 Å². The lowest BCUT2D eigenvalue weighted by atomic mass is 10.1. The molecule has 0 fully saturated rings. The maximum Gasteiger partial charge on any atom is 0.243 e. The van der Waals surface area contributed by atoms with Gasteiger partial charge in [0.15, 0.2) is 5.96 Å². The number of nitrogens with zero attached hydrogens (tertiary/aromatic N) is 2. The molecule has 100 valence electrons. The fraction of sp³-hybridized carbons (Fsp3) is 0.833. The molecule has 0 saturated heterocycles. The SMILES string of the molecule is CCNC(=NCC(=O)N(C)C)NC(C)C(C)C. The molecule has 0 aromatic rings. The fourth-order valence-corrected chi connectivity index (χ4v) is 0.990. The third-order valence-corrected chi connectivity index (χ3v) is 2.58. The first-order valence-electron chi connectivity index (χ1n) is 6.13. The Kier molecular flexibility index (Phi) is 7.34. The molecule has 0 bridgehead atoms. The number of carbonyl (C=O) groups excluding carboxylic acids is 1. The summed E-state index contributed by atoms with van der Waals surface area (Å²) in [5, 5.41) is 6.41. The second kappa shape index (κ2) is 7.92. The predicted molar refractivity (Wildman–Crippen MR) is 72.1 cm³/mol. The minimum absolute atomic E-state index is 0.000553. The minimum Gasteiger partial charge on any atom is -0.357 e. The summed E-state index contributed by atoms with van der Waals surface area (Å²) in [5.74, 6) is 1.21. The molecule has 0 aromatic carbocycles. The highest BCUT2D eigenvalue weighted by molar-refractivity contribution is 5.84. The molecular formula is C12H26N4O. The van der Waals surface area contributed by atoms with E-state index in [-0.39, 0.29) is 12.5 Å². The highest BCUT2D eigenvalue weighted by Gasteiger charge is 2.09. The molecule has 0 aliphatic rings. The molecule has 0 spiro atoms. The quantitative estimate of drug-likeness (QED) is 0.550. The van der Waals surface area contributed by atoms with Gasteiger partial charge in [-0.25, -0.2) is 4.99 Å². The van der Waals surface area contributed by atoms with Gasteiger partial charge in [0.25, 0.3) is 0 Å². The van der Waals surface area contributed by atoms with E-state index >= 15 is 0 Å². The Morgan fingerprint density at radius 3 is 2.29 bits per heavy atom. The predicted octanol–water partition coefficient (Wildman–Crippen LogP) is 0.674. The molecule has 0 rings (SSSR count). The largest absolute Gasteiger partial charge is 0.357 e. The van der Waals surface area contributed by atoms with Crippen molar-refractivity contribution < 1.29 is 4.79 Å². The molecule has 1 atom stereocenters. The number of likely N-dealkylation sites (N-methyl/N-ethyl adjacent to an activating group) is 1. The molecule has 0 saturated carbocycles. The number of hydrogen-bond donors (Lipinski definition) is 2. The molecular weight excluding hydrogens is 216 g/mol. The highest BCUT2D eigenvalue weighted by atomic mass is 16.2. The van der Waals surface area contributed by atoms with E-state index in [1.807, 2.05) is 6.92 Å². The number of aliphatic imine (C=N–C) groups is 1. The normalized spacial score (nSPS) is 13.5. The van der Waals surface area contributed by atoms with Crippen LogP contribution in [0.5, 0.6) is 0 Å². The van der Waals surface area contributed by atoms with Crippen molar-refractivity contribution in [3.8, 4) is 0 Å². The van der Waals surface area contributed by atoms with E-state index in [0.29, 0.717) is 17.9 Å². The average molecular weight is 242 g/mol. The molecule has 0 aromatic heterocycles. The number of carbonyl (C=O) groups is 1. The average Bonchev–Trinajstić information content (AvgIpc) is 2.25. The maximum absolute atomic E-state index is 11.4. The van der Waals surface area contributed by atoms with Crippen molar-refractivity contribution in [2.75, 3.05) is 27.2 Å². The standard InChI is InChI=1S/C12H26N4O/c1-7-13-12(15-10(4)9(2)3)14-8-11(17)16(5)6/h9-10H,7-8H2,1-6H3,(H2,13,14,15). The van der Waals surface area contributed by atoms with Gasteiger partial charge in [0, 0.05) is 26.7 Å². The summed E-state index contributed by atoms with van der Waals surface area (Å²) in [6.45, 7) is 9.36. The highest BCUT2D eigenvalue weighted by Crippen LogP contribution is 1.99. The molecule has 0 radical (unpaired) electrons. The van der Waals surface area contributed by atoms with Crippen LogP contribution in [0.4, 0.5) is 0 Å². The molecule has 5 heteroatoms. The zero-order chi connectivity index (χ0) is 13.4. The molecule has 0 aliphatic carbocycles. The summed E-state index contributed by atoms with van der Waals surface area (Å²) in [6.07, 6.45) is 0. The summed E-state index contributed by atoms with van der Waals surface area (Å²) in [7, 11) is 3.46. The van der Waals surface area contributed by atoms with E-state index in [9.17, 15) is 4.79 Å². The van der Waals surface area contributed by atoms with Crippen LogP contribution in [0.25, 0.3) is 0 Å². The lowest BCUT2D eigenvalue weighted by molar-refractivity contribution is -0.127. The van der Waals surface area contributed by atoms with Gasteiger partial charge in [-0.05, 0) is 19.8 Å². The monoisotopic (exact) mass is 242 g/mol. The summed E-state index contributed by atoms with van der Waals surface area (Å²) in [4.78, 5) is 17.2. The van der Waals surface area contributed by atoms with Crippen molar-refractivity contribution in [1.82, 2.24) is 15.5 Å². The Morgan fingerprint density at radius 1 is 1.29 bits per heavy atom. The number of hydrogen-bond acceptors (Lipinski definition) is 2. The van der Waals surface area contributed by atoms with E-state index < -0.39 is 0 Å². The van der Waals surface area contributed by atoms with Crippen molar-refractivity contribution >= 4 is 11.9 Å². The first-order valence-corrected chi connectivity index (χ1v) is 6.13. The topological polar surface area (TPSA) is 56.7 Å². The van der Waals surface area contributed by atoms with Crippen LogP contribution >= 0.6 is 0 Å². The van der Waals surface area contributed by atoms with Crippen molar-refractivity contribution in [3.05, 3.63) is 0 Å². The van der Waals surface area contributed by atoms with E-state index in [1.54, 1.807) is 19.0 Å². The summed E-state index contributed by atoms with van der Waals surface area (Å²) in [5.41, 5.74) is 0. The molecule has 2 N–H and O–H groups in total. The van der Waals surface area contributed by atoms with Gasteiger partial charge in [-0.15, -0.1) is 0 Å². The van der Waals surface area contributed by atoms with Gasteiger partial charge < -0.3 is 15.5 Å². The van der Waals surface area contributed by atoms with Gasteiger partial charge in [0.05, 0.1) is 0 Å².